The summed E-state index contributed by atoms with van der Waals surface area (Å²) in [7, 11) is 1.85. The van der Waals surface area contributed by atoms with Crippen LogP contribution >= 0.6 is 0 Å². The maximum Gasteiger partial charge on any atom is 0.274 e. The Morgan fingerprint density at radius 3 is 2.67 bits per heavy atom. The lowest BCUT2D eigenvalue weighted by Gasteiger charge is -2.28. The van der Waals surface area contributed by atoms with Crippen LogP contribution in [0.3, 0.4) is 0 Å². The lowest BCUT2D eigenvalue weighted by atomic mass is 10.0. The molecule has 0 bridgehead atoms. The number of fused-ring (bicyclic) bond motifs is 1. The van der Waals surface area contributed by atoms with Gasteiger partial charge in [0.2, 0.25) is 11.8 Å². The van der Waals surface area contributed by atoms with Gasteiger partial charge in [0.25, 0.3) is 5.91 Å². The first-order valence-corrected chi connectivity index (χ1v) is 10.4. The highest BCUT2D eigenvalue weighted by Crippen LogP contribution is 2.25. The van der Waals surface area contributed by atoms with Gasteiger partial charge in [-0.3, -0.25) is 19.1 Å². The van der Waals surface area contributed by atoms with E-state index >= 15 is 0 Å². The first-order chi connectivity index (χ1) is 14.5. The predicted molar refractivity (Wildman–Crippen MR) is 107 cm³/mol. The van der Waals surface area contributed by atoms with E-state index < -0.39 is 0 Å². The summed E-state index contributed by atoms with van der Waals surface area (Å²) in [6, 6.07) is 3.54. The zero-order valence-electron chi connectivity index (χ0n) is 17.2. The van der Waals surface area contributed by atoms with Gasteiger partial charge in [-0.2, -0.15) is 5.10 Å². The van der Waals surface area contributed by atoms with Gasteiger partial charge in [-0.15, -0.1) is 0 Å². The third-order valence-corrected chi connectivity index (χ3v) is 5.80. The molecule has 1 saturated heterocycles. The molecule has 1 fully saturated rings. The maximum absolute atomic E-state index is 12.9. The molecule has 4 heterocycles. The van der Waals surface area contributed by atoms with Crippen molar-refractivity contribution in [1.29, 1.82) is 0 Å². The van der Waals surface area contributed by atoms with E-state index in [0.717, 1.165) is 37.2 Å². The van der Waals surface area contributed by atoms with Crippen molar-refractivity contribution in [1.82, 2.24) is 24.9 Å². The number of rotatable bonds is 6. The van der Waals surface area contributed by atoms with Gasteiger partial charge in [-0.05, 0) is 25.0 Å². The van der Waals surface area contributed by atoms with Gasteiger partial charge in [-0.1, -0.05) is 0 Å². The third-order valence-electron chi connectivity index (χ3n) is 5.80. The van der Waals surface area contributed by atoms with Crippen LogP contribution in [0.4, 0.5) is 0 Å². The van der Waals surface area contributed by atoms with E-state index in [2.05, 4.69) is 10.4 Å². The topological polar surface area (TPSA) is 101 Å². The van der Waals surface area contributed by atoms with Gasteiger partial charge in [0.05, 0.1) is 12.8 Å². The fourth-order valence-corrected chi connectivity index (χ4v) is 4.11. The van der Waals surface area contributed by atoms with E-state index in [9.17, 15) is 14.4 Å². The van der Waals surface area contributed by atoms with Crippen molar-refractivity contribution in [3.05, 3.63) is 41.1 Å². The quantitative estimate of drug-likeness (QED) is 0.768. The SMILES string of the molecule is Cn1nc(C(=O)N2CCCC2)c2c1CCN(C(=O)CCC(=O)NCc1ccco1)C2. The van der Waals surface area contributed by atoms with Gasteiger partial charge < -0.3 is 19.5 Å². The largest absolute Gasteiger partial charge is 0.467 e. The smallest absolute Gasteiger partial charge is 0.274 e. The van der Waals surface area contributed by atoms with E-state index in [1.165, 1.54) is 0 Å². The molecule has 3 amide bonds. The van der Waals surface area contributed by atoms with Gasteiger partial charge in [0.1, 0.15) is 5.76 Å². The Balaban J connectivity index is 1.34. The first kappa shape index (κ1) is 20.2. The summed E-state index contributed by atoms with van der Waals surface area (Å²) in [5, 5.41) is 7.22. The number of carbonyl (C=O) groups is 3. The molecular formula is C21H27N5O4. The third kappa shape index (κ3) is 4.24. The Kier molecular flexibility index (Phi) is 5.87. The number of aryl methyl sites for hydroxylation is 1. The van der Waals surface area contributed by atoms with Crippen molar-refractivity contribution in [3.63, 3.8) is 0 Å². The summed E-state index contributed by atoms with van der Waals surface area (Å²) in [6.07, 6.45) is 4.50. The normalized spacial score (nSPS) is 15.9. The minimum Gasteiger partial charge on any atom is -0.467 e. The van der Waals surface area contributed by atoms with Gasteiger partial charge >= 0.3 is 0 Å². The van der Waals surface area contributed by atoms with Crippen molar-refractivity contribution in [2.24, 2.45) is 7.05 Å². The molecule has 2 aliphatic rings. The van der Waals surface area contributed by atoms with Crippen LogP contribution in [0.5, 0.6) is 0 Å². The summed E-state index contributed by atoms with van der Waals surface area (Å²) in [4.78, 5) is 41.2. The first-order valence-electron chi connectivity index (χ1n) is 10.4. The fraction of sp³-hybridized carbons (Fsp3) is 0.524. The standard InChI is InChI=1S/C21H27N5O4/c1-24-17-8-11-26(14-16(17)20(23-24)21(29)25-9-2-3-10-25)19(28)7-6-18(27)22-13-15-5-4-12-30-15/h4-5,12H,2-3,6-11,13-14H2,1H3,(H,22,27). The highest BCUT2D eigenvalue weighted by atomic mass is 16.3. The molecule has 1 N–H and O–H groups in total. The van der Waals surface area contributed by atoms with Crippen molar-refractivity contribution in [2.75, 3.05) is 19.6 Å². The molecule has 0 radical (unpaired) electrons. The van der Waals surface area contributed by atoms with Crippen LogP contribution in [0.25, 0.3) is 0 Å². The molecule has 0 spiro atoms. The highest BCUT2D eigenvalue weighted by molar-refractivity contribution is 5.94. The number of furan rings is 1. The van der Waals surface area contributed by atoms with E-state index in [4.69, 9.17) is 4.42 Å². The summed E-state index contributed by atoms with van der Waals surface area (Å²) in [5.74, 6) is 0.349. The monoisotopic (exact) mass is 413 g/mol. The average Bonchev–Trinajstić information content (AvgIpc) is 3.51. The number of hydrogen-bond donors (Lipinski definition) is 1. The highest BCUT2D eigenvalue weighted by Gasteiger charge is 2.31. The van der Waals surface area contributed by atoms with Crippen molar-refractivity contribution in [2.45, 2.75) is 45.2 Å². The average molecular weight is 413 g/mol. The number of amides is 3. The summed E-state index contributed by atoms with van der Waals surface area (Å²) < 4.78 is 6.94. The maximum atomic E-state index is 12.9. The molecule has 2 aliphatic heterocycles. The van der Waals surface area contributed by atoms with Crippen LogP contribution in [0, 0.1) is 0 Å². The molecule has 30 heavy (non-hydrogen) atoms. The molecule has 9 nitrogen and oxygen atoms in total. The van der Waals surface area contributed by atoms with Crippen LogP contribution in [0.15, 0.2) is 22.8 Å². The molecule has 0 unspecified atom stereocenters. The van der Waals surface area contributed by atoms with Crippen LogP contribution in [0.1, 0.15) is 53.2 Å². The fourth-order valence-electron chi connectivity index (χ4n) is 4.11. The zero-order valence-corrected chi connectivity index (χ0v) is 17.2. The van der Waals surface area contributed by atoms with Crippen molar-refractivity contribution in [3.8, 4) is 0 Å². The van der Waals surface area contributed by atoms with Crippen molar-refractivity contribution < 1.29 is 18.8 Å². The second kappa shape index (κ2) is 8.73. The zero-order chi connectivity index (χ0) is 21.1. The Bertz CT molecular complexity index is 928. The Morgan fingerprint density at radius 1 is 1.13 bits per heavy atom. The molecule has 2 aromatic heterocycles. The number of carbonyl (C=O) groups excluding carboxylic acids is 3. The summed E-state index contributed by atoms with van der Waals surface area (Å²) in [5.41, 5.74) is 2.32. The molecule has 9 heteroatoms. The Labute approximate surface area is 175 Å². The Hall–Kier alpha value is -3.10. The molecule has 2 aromatic rings. The second-order valence-electron chi connectivity index (χ2n) is 7.82. The minimum absolute atomic E-state index is 0.0454. The lowest BCUT2D eigenvalue weighted by molar-refractivity contribution is -0.134. The number of nitrogens with one attached hydrogen (secondary N) is 1. The van der Waals surface area contributed by atoms with Crippen molar-refractivity contribution >= 4 is 17.7 Å². The number of aromatic nitrogens is 2. The van der Waals surface area contributed by atoms with Crippen LogP contribution < -0.4 is 5.32 Å². The minimum atomic E-state index is -0.191. The summed E-state index contributed by atoms with van der Waals surface area (Å²) >= 11 is 0. The van der Waals surface area contributed by atoms with Gasteiger partial charge in [0, 0.05) is 63.7 Å². The number of likely N-dealkylation sites (tertiary alicyclic amines) is 1. The van der Waals surface area contributed by atoms with E-state index in [-0.39, 0.29) is 30.6 Å². The Morgan fingerprint density at radius 2 is 1.93 bits per heavy atom. The summed E-state index contributed by atoms with van der Waals surface area (Å²) in [6.45, 7) is 2.77. The van der Waals surface area contributed by atoms with E-state index in [1.807, 2.05) is 11.9 Å². The van der Waals surface area contributed by atoms with E-state index in [0.29, 0.717) is 37.5 Å². The molecule has 0 saturated carbocycles. The van der Waals surface area contributed by atoms with Crippen LogP contribution in [-0.4, -0.2) is 56.9 Å². The number of nitrogens with zero attached hydrogens (tertiary/aromatic N) is 4. The molecular weight excluding hydrogens is 386 g/mol. The van der Waals surface area contributed by atoms with Crippen LogP contribution in [0.2, 0.25) is 0 Å². The molecule has 0 aliphatic carbocycles. The number of hydrogen-bond acceptors (Lipinski definition) is 5. The molecule has 0 atom stereocenters. The van der Waals surface area contributed by atoms with E-state index in [1.54, 1.807) is 28.0 Å². The van der Waals surface area contributed by atoms with Gasteiger partial charge in [-0.25, -0.2) is 0 Å². The van der Waals surface area contributed by atoms with Gasteiger partial charge in [0.15, 0.2) is 5.69 Å². The lowest BCUT2D eigenvalue weighted by Crippen LogP contribution is -2.38. The molecule has 160 valence electrons. The molecule has 4 rings (SSSR count). The van der Waals surface area contributed by atoms with Crippen LogP contribution in [-0.2, 0) is 36.1 Å². The second-order valence-corrected chi connectivity index (χ2v) is 7.82. The predicted octanol–water partition coefficient (Wildman–Crippen LogP) is 1.23. The molecule has 0 aromatic carbocycles.